The first-order valence-corrected chi connectivity index (χ1v) is 5.40. The third-order valence-electron chi connectivity index (χ3n) is 2.27. The molecule has 0 unspecified atom stereocenters. The van der Waals surface area contributed by atoms with Crippen molar-refractivity contribution in [2.75, 3.05) is 7.11 Å². The third-order valence-corrected chi connectivity index (χ3v) is 2.27. The van der Waals surface area contributed by atoms with Crippen LogP contribution in [0.25, 0.3) is 0 Å². The fourth-order valence-electron chi connectivity index (χ4n) is 1.34. The van der Waals surface area contributed by atoms with Gasteiger partial charge in [-0.2, -0.15) is 0 Å². The molecule has 0 aliphatic carbocycles. The Bertz CT molecular complexity index is 379. The van der Waals surface area contributed by atoms with E-state index in [0.717, 1.165) is 5.69 Å². The number of nitrogens with one attached hydrogen (secondary N) is 1. The van der Waals surface area contributed by atoms with E-state index in [9.17, 15) is 9.59 Å². The first kappa shape index (κ1) is 13.2. The zero-order chi connectivity index (χ0) is 12.7. The normalized spacial score (nSPS) is 11.6. The van der Waals surface area contributed by atoms with Crippen molar-refractivity contribution < 1.29 is 14.3 Å². The van der Waals surface area contributed by atoms with Gasteiger partial charge >= 0.3 is 5.97 Å². The van der Waals surface area contributed by atoms with Crippen LogP contribution < -0.4 is 5.32 Å². The fraction of sp³-hybridized carbons (Fsp3) is 0.417. The number of pyridine rings is 1. The summed E-state index contributed by atoms with van der Waals surface area (Å²) in [6.45, 7) is 1.59. The quantitative estimate of drug-likeness (QED) is 0.764. The minimum absolute atomic E-state index is 0.187. The monoisotopic (exact) mass is 236 g/mol. The highest BCUT2D eigenvalue weighted by atomic mass is 16.5. The Kier molecular flexibility index (Phi) is 5.13. The molecular weight excluding hydrogens is 220 g/mol. The number of ether oxygens (including phenoxy) is 1. The van der Waals surface area contributed by atoms with Crippen molar-refractivity contribution in [1.82, 2.24) is 10.3 Å². The summed E-state index contributed by atoms with van der Waals surface area (Å²) in [6, 6.07) is 4.94. The lowest BCUT2D eigenvalue weighted by Gasteiger charge is -2.11. The number of nitrogens with zero attached hydrogens (tertiary/aromatic N) is 1. The Morgan fingerprint density at radius 1 is 1.47 bits per heavy atom. The number of hydrogen-bond acceptors (Lipinski definition) is 4. The molecule has 5 heteroatoms. The molecule has 0 radical (unpaired) electrons. The van der Waals surface area contributed by atoms with Gasteiger partial charge in [-0.15, -0.1) is 0 Å². The predicted octanol–water partition coefficient (Wildman–Crippen LogP) is 0.692. The number of carbonyl (C=O) groups is 2. The van der Waals surface area contributed by atoms with Gasteiger partial charge in [0.25, 0.3) is 0 Å². The van der Waals surface area contributed by atoms with E-state index in [1.165, 1.54) is 7.11 Å². The maximum absolute atomic E-state index is 11.5. The van der Waals surface area contributed by atoms with Gasteiger partial charge in [-0.1, -0.05) is 6.07 Å². The average Bonchev–Trinajstić information content (AvgIpc) is 2.36. The Hall–Kier alpha value is -1.91. The minimum Gasteiger partial charge on any atom is -0.467 e. The number of aryl methyl sites for hydroxylation is 1. The van der Waals surface area contributed by atoms with Crippen LogP contribution in [0.1, 0.15) is 19.0 Å². The summed E-state index contributed by atoms with van der Waals surface area (Å²) in [7, 11) is 1.29. The van der Waals surface area contributed by atoms with E-state index in [1.54, 1.807) is 13.1 Å². The lowest BCUT2D eigenvalue weighted by molar-refractivity contribution is -0.144. The zero-order valence-corrected chi connectivity index (χ0v) is 9.97. The van der Waals surface area contributed by atoms with Gasteiger partial charge < -0.3 is 10.1 Å². The maximum atomic E-state index is 11.5. The molecule has 1 heterocycles. The van der Waals surface area contributed by atoms with Crippen LogP contribution in [0.3, 0.4) is 0 Å². The maximum Gasteiger partial charge on any atom is 0.328 e. The number of amides is 1. The first-order chi connectivity index (χ1) is 8.13. The van der Waals surface area contributed by atoms with Gasteiger partial charge in [0.2, 0.25) is 5.91 Å². The molecule has 0 aromatic carbocycles. The molecule has 0 aliphatic heterocycles. The number of carbonyl (C=O) groups excluding carboxylic acids is 2. The number of esters is 1. The summed E-state index contributed by atoms with van der Waals surface area (Å²) < 4.78 is 4.51. The molecule has 0 saturated heterocycles. The molecule has 0 saturated carbocycles. The zero-order valence-electron chi connectivity index (χ0n) is 9.97. The fourth-order valence-corrected chi connectivity index (χ4v) is 1.34. The lowest BCUT2D eigenvalue weighted by atomic mass is 10.2. The van der Waals surface area contributed by atoms with Gasteiger partial charge in [0, 0.05) is 18.3 Å². The van der Waals surface area contributed by atoms with Crippen LogP contribution >= 0.6 is 0 Å². The van der Waals surface area contributed by atoms with Crippen molar-refractivity contribution in [3.05, 3.63) is 30.1 Å². The second-order valence-electron chi connectivity index (χ2n) is 3.63. The van der Waals surface area contributed by atoms with E-state index < -0.39 is 12.0 Å². The summed E-state index contributed by atoms with van der Waals surface area (Å²) >= 11 is 0. The second-order valence-corrected chi connectivity index (χ2v) is 3.63. The molecule has 1 aromatic rings. The molecular formula is C12H16N2O3. The van der Waals surface area contributed by atoms with E-state index in [1.807, 2.05) is 18.2 Å². The van der Waals surface area contributed by atoms with E-state index in [-0.39, 0.29) is 5.91 Å². The highest BCUT2D eigenvalue weighted by molar-refractivity contribution is 5.84. The molecule has 5 nitrogen and oxygen atoms in total. The standard InChI is InChI=1S/C12H16N2O3/c1-9(12(16)17-2)14-11(15)7-6-10-5-3-4-8-13-10/h3-5,8-9H,6-7H2,1-2H3,(H,14,15)/t9-/m1/s1. The minimum atomic E-state index is -0.615. The highest BCUT2D eigenvalue weighted by Crippen LogP contribution is 1.98. The van der Waals surface area contributed by atoms with E-state index in [4.69, 9.17) is 0 Å². The second kappa shape index (κ2) is 6.62. The molecule has 17 heavy (non-hydrogen) atoms. The van der Waals surface area contributed by atoms with Crippen LogP contribution in [0.4, 0.5) is 0 Å². The smallest absolute Gasteiger partial charge is 0.328 e. The number of aromatic nitrogens is 1. The van der Waals surface area contributed by atoms with Crippen molar-refractivity contribution in [2.24, 2.45) is 0 Å². The van der Waals surface area contributed by atoms with Gasteiger partial charge in [0.15, 0.2) is 0 Å². The SMILES string of the molecule is COC(=O)[C@@H](C)NC(=O)CCc1ccccn1. The Balaban J connectivity index is 2.33. The predicted molar refractivity (Wildman–Crippen MR) is 62.2 cm³/mol. The van der Waals surface area contributed by atoms with Gasteiger partial charge in [-0.25, -0.2) is 4.79 Å². The van der Waals surface area contributed by atoms with Gasteiger partial charge in [0.1, 0.15) is 6.04 Å². The third kappa shape index (κ3) is 4.63. The average molecular weight is 236 g/mol. The van der Waals surface area contributed by atoms with Gasteiger partial charge in [0.05, 0.1) is 7.11 Å². The van der Waals surface area contributed by atoms with Crippen LogP contribution in [0.2, 0.25) is 0 Å². The van der Waals surface area contributed by atoms with Crippen LogP contribution in [0.5, 0.6) is 0 Å². The summed E-state index contributed by atoms with van der Waals surface area (Å²) in [5.74, 6) is -0.635. The van der Waals surface area contributed by atoms with Gasteiger partial charge in [-0.05, 0) is 25.5 Å². The topological polar surface area (TPSA) is 68.3 Å². The summed E-state index contributed by atoms with van der Waals surface area (Å²) in [5, 5.41) is 2.56. The Labute approximate surface area is 100 Å². The number of methoxy groups -OCH3 is 1. The molecule has 1 amide bonds. The van der Waals surface area contributed by atoms with E-state index in [2.05, 4.69) is 15.0 Å². The van der Waals surface area contributed by atoms with Crippen molar-refractivity contribution in [2.45, 2.75) is 25.8 Å². The Morgan fingerprint density at radius 3 is 2.82 bits per heavy atom. The highest BCUT2D eigenvalue weighted by Gasteiger charge is 2.15. The molecule has 0 aliphatic rings. The molecule has 0 fully saturated rings. The van der Waals surface area contributed by atoms with Gasteiger partial charge in [-0.3, -0.25) is 9.78 Å². The molecule has 1 aromatic heterocycles. The van der Waals surface area contributed by atoms with Crippen LogP contribution in [-0.4, -0.2) is 30.0 Å². The lowest BCUT2D eigenvalue weighted by Crippen LogP contribution is -2.39. The molecule has 92 valence electrons. The van der Waals surface area contributed by atoms with E-state index >= 15 is 0 Å². The molecule has 1 rings (SSSR count). The van der Waals surface area contributed by atoms with Crippen molar-refractivity contribution >= 4 is 11.9 Å². The van der Waals surface area contributed by atoms with Crippen LogP contribution in [0, 0.1) is 0 Å². The van der Waals surface area contributed by atoms with Crippen molar-refractivity contribution in [1.29, 1.82) is 0 Å². The molecule has 0 bridgehead atoms. The summed E-state index contributed by atoms with van der Waals surface area (Å²) in [5.41, 5.74) is 0.855. The van der Waals surface area contributed by atoms with Crippen molar-refractivity contribution in [3.63, 3.8) is 0 Å². The molecule has 0 spiro atoms. The van der Waals surface area contributed by atoms with E-state index in [0.29, 0.717) is 12.8 Å². The summed E-state index contributed by atoms with van der Waals surface area (Å²) in [6.07, 6.45) is 2.54. The largest absolute Gasteiger partial charge is 0.467 e. The van der Waals surface area contributed by atoms with Crippen molar-refractivity contribution in [3.8, 4) is 0 Å². The number of hydrogen-bond donors (Lipinski definition) is 1. The summed E-state index contributed by atoms with van der Waals surface area (Å²) in [4.78, 5) is 26.7. The molecule has 1 N–H and O–H groups in total. The van der Waals surface area contributed by atoms with Crippen LogP contribution in [0.15, 0.2) is 24.4 Å². The Morgan fingerprint density at radius 2 is 2.24 bits per heavy atom. The first-order valence-electron chi connectivity index (χ1n) is 5.40. The number of rotatable bonds is 5. The molecule has 1 atom stereocenters. The van der Waals surface area contributed by atoms with Crippen LogP contribution in [-0.2, 0) is 20.7 Å².